The number of ether oxygens (including phenoxy) is 1. The van der Waals surface area contributed by atoms with Crippen LogP contribution in [-0.4, -0.2) is 27.2 Å². The molecule has 0 saturated heterocycles. The molecule has 0 aliphatic carbocycles. The Morgan fingerprint density at radius 3 is 2.20 bits per heavy atom. The van der Waals surface area contributed by atoms with Gasteiger partial charge in [0.1, 0.15) is 5.75 Å². The van der Waals surface area contributed by atoms with Crippen molar-refractivity contribution < 1.29 is 17.9 Å². The molecule has 2 rings (SSSR count). The normalized spacial score (nSPS) is 12.3. The highest BCUT2D eigenvalue weighted by Crippen LogP contribution is 2.18. The van der Waals surface area contributed by atoms with Crippen LogP contribution in [0.5, 0.6) is 5.75 Å². The quantitative estimate of drug-likeness (QED) is 0.793. The minimum atomic E-state index is -3.33. The van der Waals surface area contributed by atoms with E-state index in [9.17, 15) is 13.2 Å². The lowest BCUT2D eigenvalue weighted by Gasteiger charge is -2.15. The van der Waals surface area contributed by atoms with Gasteiger partial charge in [-0.3, -0.25) is 9.52 Å². The lowest BCUT2D eigenvalue weighted by Crippen LogP contribution is -2.26. The monoisotopic (exact) mass is 362 g/mol. The average Bonchev–Trinajstić information content (AvgIpc) is 2.55. The van der Waals surface area contributed by atoms with Gasteiger partial charge in [0, 0.05) is 11.3 Å². The summed E-state index contributed by atoms with van der Waals surface area (Å²) >= 11 is 0. The fourth-order valence-electron chi connectivity index (χ4n) is 2.29. The van der Waals surface area contributed by atoms with Crippen LogP contribution in [0.2, 0.25) is 0 Å². The second-order valence-corrected chi connectivity index (χ2v) is 7.40. The number of nitrogens with one attached hydrogen (secondary N) is 2. The highest BCUT2D eigenvalue weighted by molar-refractivity contribution is 7.92. The van der Waals surface area contributed by atoms with Crippen molar-refractivity contribution in [3.63, 3.8) is 0 Å². The molecule has 25 heavy (non-hydrogen) atoms. The van der Waals surface area contributed by atoms with E-state index in [1.54, 1.807) is 24.3 Å². The van der Waals surface area contributed by atoms with Gasteiger partial charge < -0.3 is 10.1 Å². The molecule has 1 atom stereocenters. The average molecular weight is 362 g/mol. The number of hydrogen-bond donors (Lipinski definition) is 2. The maximum Gasteiger partial charge on any atom is 0.251 e. The fourth-order valence-corrected chi connectivity index (χ4v) is 2.85. The smallest absolute Gasteiger partial charge is 0.251 e. The van der Waals surface area contributed by atoms with Crippen molar-refractivity contribution in [3.05, 3.63) is 59.7 Å². The Morgan fingerprint density at radius 2 is 1.68 bits per heavy atom. The predicted octanol–water partition coefficient (Wildman–Crippen LogP) is 2.95. The van der Waals surface area contributed by atoms with Crippen LogP contribution >= 0.6 is 0 Å². The largest absolute Gasteiger partial charge is 0.494 e. The highest BCUT2D eigenvalue weighted by atomic mass is 32.2. The van der Waals surface area contributed by atoms with Gasteiger partial charge in [0.15, 0.2) is 0 Å². The standard InChI is InChI=1S/C18H22N2O4S/c1-4-24-17-11-7-14(8-12-17)13(2)19-18(21)15-5-9-16(10-6-15)20-25(3,22)23/h5-13,20H,4H2,1-3H3,(H,19,21)/t13-/m1/s1. The highest BCUT2D eigenvalue weighted by Gasteiger charge is 2.12. The lowest BCUT2D eigenvalue weighted by atomic mass is 10.1. The maximum absolute atomic E-state index is 12.3. The van der Waals surface area contributed by atoms with Crippen LogP contribution in [-0.2, 0) is 10.0 Å². The molecular formula is C18H22N2O4S. The minimum Gasteiger partial charge on any atom is -0.494 e. The molecule has 2 aromatic rings. The van der Waals surface area contributed by atoms with Gasteiger partial charge in [-0.25, -0.2) is 8.42 Å². The minimum absolute atomic E-state index is 0.169. The Kier molecular flexibility index (Phi) is 6.03. The Bertz CT molecular complexity index is 815. The molecule has 2 N–H and O–H groups in total. The number of amides is 1. The third-order valence-corrected chi connectivity index (χ3v) is 4.10. The van der Waals surface area contributed by atoms with Crippen molar-refractivity contribution in [3.8, 4) is 5.75 Å². The van der Waals surface area contributed by atoms with Crippen LogP contribution < -0.4 is 14.8 Å². The van der Waals surface area contributed by atoms with Crippen LogP contribution in [0, 0.1) is 0 Å². The van der Waals surface area contributed by atoms with E-state index in [0.29, 0.717) is 17.9 Å². The van der Waals surface area contributed by atoms with E-state index in [-0.39, 0.29) is 11.9 Å². The van der Waals surface area contributed by atoms with Gasteiger partial charge in [-0.1, -0.05) is 12.1 Å². The molecule has 6 nitrogen and oxygen atoms in total. The first kappa shape index (κ1) is 18.8. The Labute approximate surface area is 148 Å². The van der Waals surface area contributed by atoms with E-state index in [2.05, 4.69) is 10.0 Å². The zero-order chi connectivity index (χ0) is 18.4. The first-order chi connectivity index (χ1) is 11.8. The van der Waals surface area contributed by atoms with Crippen molar-refractivity contribution in [2.75, 3.05) is 17.6 Å². The number of carbonyl (C=O) groups excluding carboxylic acids is 1. The van der Waals surface area contributed by atoms with Gasteiger partial charge in [0.2, 0.25) is 10.0 Å². The van der Waals surface area contributed by atoms with Crippen LogP contribution in [0.15, 0.2) is 48.5 Å². The van der Waals surface area contributed by atoms with Crippen LogP contribution in [0.4, 0.5) is 5.69 Å². The first-order valence-corrected chi connectivity index (χ1v) is 9.79. The summed E-state index contributed by atoms with van der Waals surface area (Å²) in [4.78, 5) is 12.3. The topological polar surface area (TPSA) is 84.5 Å². The van der Waals surface area contributed by atoms with Crippen molar-refractivity contribution in [1.82, 2.24) is 5.32 Å². The summed E-state index contributed by atoms with van der Waals surface area (Å²) in [5.74, 6) is 0.561. The molecule has 0 spiro atoms. The fraction of sp³-hybridized carbons (Fsp3) is 0.278. The maximum atomic E-state index is 12.3. The number of hydrogen-bond acceptors (Lipinski definition) is 4. The molecule has 0 unspecified atom stereocenters. The van der Waals surface area contributed by atoms with E-state index < -0.39 is 10.0 Å². The van der Waals surface area contributed by atoms with E-state index in [1.165, 1.54) is 0 Å². The molecule has 0 aromatic heterocycles. The van der Waals surface area contributed by atoms with Gasteiger partial charge >= 0.3 is 0 Å². The van der Waals surface area contributed by atoms with E-state index in [4.69, 9.17) is 4.74 Å². The Morgan fingerprint density at radius 1 is 1.08 bits per heavy atom. The summed E-state index contributed by atoms with van der Waals surface area (Å²) in [5, 5.41) is 2.91. The first-order valence-electron chi connectivity index (χ1n) is 7.90. The van der Waals surface area contributed by atoms with Gasteiger partial charge in [-0.05, 0) is 55.8 Å². The molecule has 0 aliphatic rings. The number of benzene rings is 2. The van der Waals surface area contributed by atoms with Crippen LogP contribution in [0.3, 0.4) is 0 Å². The zero-order valence-electron chi connectivity index (χ0n) is 14.4. The zero-order valence-corrected chi connectivity index (χ0v) is 15.3. The third kappa shape index (κ3) is 5.79. The van der Waals surface area contributed by atoms with Gasteiger partial charge in [-0.2, -0.15) is 0 Å². The van der Waals surface area contributed by atoms with E-state index in [0.717, 1.165) is 17.6 Å². The number of rotatable bonds is 7. The van der Waals surface area contributed by atoms with Crippen molar-refractivity contribution >= 4 is 21.6 Å². The SMILES string of the molecule is CCOc1ccc([C@@H](C)NC(=O)c2ccc(NS(C)(=O)=O)cc2)cc1. The molecule has 0 saturated carbocycles. The van der Waals surface area contributed by atoms with E-state index >= 15 is 0 Å². The molecule has 0 heterocycles. The molecule has 0 bridgehead atoms. The molecule has 0 fully saturated rings. The Hall–Kier alpha value is -2.54. The molecule has 1 amide bonds. The summed E-state index contributed by atoms with van der Waals surface area (Å²) in [7, 11) is -3.33. The molecule has 0 radical (unpaired) electrons. The Balaban J connectivity index is 2.00. The summed E-state index contributed by atoms with van der Waals surface area (Å²) < 4.78 is 30.1. The number of anilines is 1. The summed E-state index contributed by atoms with van der Waals surface area (Å²) in [6.45, 7) is 4.43. The van der Waals surface area contributed by atoms with Crippen LogP contribution in [0.1, 0.15) is 35.8 Å². The lowest BCUT2D eigenvalue weighted by molar-refractivity contribution is 0.0940. The third-order valence-electron chi connectivity index (χ3n) is 3.49. The van der Waals surface area contributed by atoms with Gasteiger partial charge in [0.25, 0.3) is 5.91 Å². The number of carbonyl (C=O) groups is 1. The molecule has 0 aliphatic heterocycles. The molecular weight excluding hydrogens is 340 g/mol. The van der Waals surface area contributed by atoms with Crippen LogP contribution in [0.25, 0.3) is 0 Å². The molecule has 134 valence electrons. The van der Waals surface area contributed by atoms with Gasteiger partial charge in [0.05, 0.1) is 18.9 Å². The van der Waals surface area contributed by atoms with Gasteiger partial charge in [-0.15, -0.1) is 0 Å². The second-order valence-electron chi connectivity index (χ2n) is 5.65. The summed E-state index contributed by atoms with van der Waals surface area (Å²) in [6, 6.07) is 13.7. The summed E-state index contributed by atoms with van der Waals surface area (Å²) in [5.41, 5.74) is 1.84. The summed E-state index contributed by atoms with van der Waals surface area (Å²) in [6.07, 6.45) is 1.08. The van der Waals surface area contributed by atoms with Crippen molar-refractivity contribution in [2.24, 2.45) is 0 Å². The molecule has 2 aromatic carbocycles. The second kappa shape index (κ2) is 8.02. The van der Waals surface area contributed by atoms with Crippen molar-refractivity contribution in [2.45, 2.75) is 19.9 Å². The number of sulfonamides is 1. The van der Waals surface area contributed by atoms with E-state index in [1.807, 2.05) is 38.1 Å². The molecule has 7 heteroatoms. The van der Waals surface area contributed by atoms with Crippen molar-refractivity contribution in [1.29, 1.82) is 0 Å². The predicted molar refractivity (Wildman–Crippen MR) is 98.4 cm³/mol.